The normalized spacial score (nSPS) is 14.5. The van der Waals surface area contributed by atoms with E-state index < -0.39 is 0 Å². The Labute approximate surface area is 143 Å². The predicted octanol–water partition coefficient (Wildman–Crippen LogP) is 0.376. The molecular formula is C14H28IN3O4. The van der Waals surface area contributed by atoms with Crippen molar-refractivity contribution < 1.29 is 18.9 Å². The zero-order chi connectivity index (χ0) is 15.9. The molecule has 1 aliphatic rings. The quantitative estimate of drug-likeness (QED) is 0.243. The fraction of sp³-hybridized carbons (Fsp3) is 0.786. The second-order valence-corrected chi connectivity index (χ2v) is 7.13. The van der Waals surface area contributed by atoms with Crippen LogP contribution in [0.3, 0.4) is 0 Å². The minimum Gasteiger partial charge on any atom is -0.378 e. The molecule has 0 spiro atoms. The van der Waals surface area contributed by atoms with Crippen molar-refractivity contribution >= 4 is 25.1 Å². The van der Waals surface area contributed by atoms with Crippen LogP contribution >= 0.6 is 21.0 Å². The van der Waals surface area contributed by atoms with Crippen LogP contribution in [0, 0.1) is 0 Å². The molecule has 0 saturated carbocycles. The summed E-state index contributed by atoms with van der Waals surface area (Å²) in [5, 5.41) is 0. The van der Waals surface area contributed by atoms with E-state index in [0.717, 1.165) is 6.54 Å². The third-order valence-corrected chi connectivity index (χ3v) is 4.82. The van der Waals surface area contributed by atoms with Gasteiger partial charge in [0.05, 0.1) is 57.0 Å². The SMILES string of the molecule is CN1C=CN(CCOCCOCCOCCOCCN)C=I1. The standard InChI is InChI=1S/C14H28IN3O4/c1-17-3-4-18(14-15-17)5-7-20-9-11-22-13-12-21-10-8-19-6-2-16/h3-4,14H,2,5-13,16H2,1H3. The number of ether oxygens (including phenoxy) is 4. The molecule has 7 nitrogen and oxygen atoms in total. The Balaban J connectivity index is 1.75. The summed E-state index contributed by atoms with van der Waals surface area (Å²) < 4.78 is 26.0. The van der Waals surface area contributed by atoms with Crippen molar-refractivity contribution in [1.82, 2.24) is 8.01 Å². The lowest BCUT2D eigenvalue weighted by atomic mass is 10.6. The van der Waals surface area contributed by atoms with Gasteiger partial charge >= 0.3 is 0 Å². The van der Waals surface area contributed by atoms with Crippen LogP contribution in [0.2, 0.25) is 0 Å². The highest BCUT2D eigenvalue weighted by Crippen LogP contribution is 2.10. The van der Waals surface area contributed by atoms with Crippen LogP contribution < -0.4 is 5.73 Å². The summed E-state index contributed by atoms with van der Waals surface area (Å²) in [7, 11) is 2.10. The van der Waals surface area contributed by atoms with E-state index in [1.165, 1.54) is 0 Å². The van der Waals surface area contributed by atoms with E-state index in [2.05, 4.69) is 31.6 Å². The van der Waals surface area contributed by atoms with Gasteiger partial charge < -0.3 is 32.7 Å². The molecule has 2 N–H and O–H groups in total. The van der Waals surface area contributed by atoms with Crippen LogP contribution in [0.25, 0.3) is 0 Å². The first-order valence-corrected chi connectivity index (χ1v) is 9.69. The highest BCUT2D eigenvalue weighted by atomic mass is 127. The molecule has 8 heteroatoms. The third-order valence-electron chi connectivity index (χ3n) is 2.66. The molecule has 0 unspecified atom stereocenters. The summed E-state index contributed by atoms with van der Waals surface area (Å²) in [6, 6.07) is 0. The van der Waals surface area contributed by atoms with E-state index in [4.69, 9.17) is 24.7 Å². The second kappa shape index (κ2) is 14.3. The summed E-state index contributed by atoms with van der Waals surface area (Å²) in [5.41, 5.74) is 5.30. The monoisotopic (exact) mass is 429 g/mol. The summed E-state index contributed by atoms with van der Waals surface area (Å²) in [5.74, 6) is 0. The van der Waals surface area contributed by atoms with Gasteiger partial charge in [-0.3, -0.25) is 0 Å². The third kappa shape index (κ3) is 11.3. The molecule has 0 amide bonds. The molecule has 0 aromatic carbocycles. The topological polar surface area (TPSA) is 69.4 Å². The van der Waals surface area contributed by atoms with E-state index >= 15 is 0 Å². The lowest BCUT2D eigenvalue weighted by Gasteiger charge is -2.21. The van der Waals surface area contributed by atoms with Gasteiger partial charge in [-0.05, 0) is 0 Å². The lowest BCUT2D eigenvalue weighted by molar-refractivity contribution is -0.00134. The van der Waals surface area contributed by atoms with Crippen LogP contribution in [0.5, 0.6) is 0 Å². The van der Waals surface area contributed by atoms with Gasteiger partial charge in [-0.1, -0.05) is 0 Å². The van der Waals surface area contributed by atoms with Gasteiger partial charge in [0.1, 0.15) is 0 Å². The first-order chi connectivity index (χ1) is 10.8. The number of rotatable bonds is 14. The Kier molecular flexibility index (Phi) is 12.9. The molecule has 0 aromatic rings. The second-order valence-electron chi connectivity index (χ2n) is 4.49. The van der Waals surface area contributed by atoms with Gasteiger partial charge in [0.25, 0.3) is 0 Å². The number of nitrogens with two attached hydrogens (primary N) is 1. The van der Waals surface area contributed by atoms with Crippen molar-refractivity contribution in [3.63, 3.8) is 0 Å². The van der Waals surface area contributed by atoms with Crippen LogP contribution in [0.15, 0.2) is 12.4 Å². The predicted molar refractivity (Wildman–Crippen MR) is 96.0 cm³/mol. The number of hydrogen-bond donors (Lipinski definition) is 1. The van der Waals surface area contributed by atoms with Gasteiger partial charge in [0, 0.05) is 53.5 Å². The molecular weight excluding hydrogens is 401 g/mol. The molecule has 1 rings (SSSR count). The average molecular weight is 429 g/mol. The van der Waals surface area contributed by atoms with Gasteiger partial charge in [0.15, 0.2) is 0 Å². The Morgan fingerprint density at radius 1 is 0.818 bits per heavy atom. The fourth-order valence-electron chi connectivity index (χ4n) is 1.51. The Bertz CT molecular complexity index is 304. The molecule has 0 bridgehead atoms. The molecule has 0 atom stereocenters. The fourth-order valence-corrected chi connectivity index (χ4v) is 3.01. The number of nitrogens with zero attached hydrogens (tertiary/aromatic N) is 2. The molecule has 0 fully saturated rings. The maximum atomic E-state index is 5.54. The van der Waals surface area contributed by atoms with E-state index in [-0.39, 0.29) is 21.0 Å². The zero-order valence-corrected chi connectivity index (χ0v) is 15.4. The van der Waals surface area contributed by atoms with Gasteiger partial charge in [-0.25, -0.2) is 0 Å². The molecule has 0 radical (unpaired) electrons. The molecule has 0 aliphatic carbocycles. The van der Waals surface area contributed by atoms with Crippen LogP contribution in [-0.4, -0.2) is 85.1 Å². The van der Waals surface area contributed by atoms with E-state index in [9.17, 15) is 0 Å². The Morgan fingerprint density at radius 3 is 1.86 bits per heavy atom. The number of hydrogen-bond acceptors (Lipinski definition) is 7. The maximum Gasteiger partial charge on any atom is 0.0701 e. The molecule has 130 valence electrons. The summed E-state index contributed by atoms with van der Waals surface area (Å²) in [4.78, 5) is 2.19. The van der Waals surface area contributed by atoms with Crippen molar-refractivity contribution in [2.75, 3.05) is 73.0 Å². The smallest absolute Gasteiger partial charge is 0.0701 e. The molecule has 0 aromatic heterocycles. The number of halogens is 1. The van der Waals surface area contributed by atoms with Crippen molar-refractivity contribution in [1.29, 1.82) is 0 Å². The van der Waals surface area contributed by atoms with Crippen molar-refractivity contribution in [2.45, 2.75) is 0 Å². The minimum absolute atomic E-state index is 0.00607. The van der Waals surface area contributed by atoms with Crippen molar-refractivity contribution in [3.05, 3.63) is 12.4 Å². The first kappa shape index (κ1) is 19.8. The summed E-state index contributed by atoms with van der Waals surface area (Å²) in [6.07, 6.45) is 4.19. The van der Waals surface area contributed by atoms with Crippen molar-refractivity contribution in [2.24, 2.45) is 5.73 Å². The van der Waals surface area contributed by atoms with Crippen molar-refractivity contribution in [3.8, 4) is 0 Å². The lowest BCUT2D eigenvalue weighted by Crippen LogP contribution is -2.23. The largest absolute Gasteiger partial charge is 0.378 e. The van der Waals surface area contributed by atoms with E-state index in [1.807, 2.05) is 0 Å². The van der Waals surface area contributed by atoms with Gasteiger partial charge in [0.2, 0.25) is 0 Å². The zero-order valence-electron chi connectivity index (χ0n) is 13.3. The van der Waals surface area contributed by atoms with Crippen LogP contribution in [-0.2, 0) is 18.9 Å². The highest BCUT2D eigenvalue weighted by Gasteiger charge is 2.00. The summed E-state index contributed by atoms with van der Waals surface area (Å²) >= 11 is 0.00607. The van der Waals surface area contributed by atoms with Crippen LogP contribution in [0.1, 0.15) is 0 Å². The Hall–Kier alpha value is -0.260. The van der Waals surface area contributed by atoms with E-state index in [0.29, 0.717) is 59.4 Å². The van der Waals surface area contributed by atoms with Gasteiger partial charge in [-0.15, -0.1) is 0 Å². The average Bonchev–Trinajstić information content (AvgIpc) is 2.53. The summed E-state index contributed by atoms with van der Waals surface area (Å²) in [6.45, 7) is 6.29. The van der Waals surface area contributed by atoms with E-state index in [1.54, 1.807) is 0 Å². The highest BCUT2D eigenvalue weighted by molar-refractivity contribution is 14.2. The van der Waals surface area contributed by atoms with Gasteiger partial charge in [-0.2, -0.15) is 0 Å². The first-order valence-electron chi connectivity index (χ1n) is 7.48. The Morgan fingerprint density at radius 2 is 1.36 bits per heavy atom. The molecule has 22 heavy (non-hydrogen) atoms. The molecule has 0 saturated heterocycles. The maximum absolute atomic E-state index is 5.54. The molecule has 1 heterocycles. The minimum atomic E-state index is 0.00607. The molecule has 1 aliphatic heterocycles. The van der Waals surface area contributed by atoms with Crippen LogP contribution in [0.4, 0.5) is 0 Å².